The summed E-state index contributed by atoms with van der Waals surface area (Å²) in [7, 11) is -4.82. The molecule has 0 saturated carbocycles. The number of aliphatic carboxylic acids is 1. The van der Waals surface area contributed by atoms with Gasteiger partial charge in [-0.3, -0.25) is 9.35 Å². The van der Waals surface area contributed by atoms with Crippen LogP contribution in [0.25, 0.3) is 0 Å². The molecule has 9 heteroatoms. The van der Waals surface area contributed by atoms with Crippen molar-refractivity contribution in [3.63, 3.8) is 0 Å². The molecule has 7 nitrogen and oxygen atoms in total. The molecule has 0 radical (unpaired) electrons. The van der Waals surface area contributed by atoms with Crippen LogP contribution in [0.4, 0.5) is 0 Å². The van der Waals surface area contributed by atoms with Gasteiger partial charge in [0.05, 0.1) is 6.61 Å². The molecular weight excluding hydrogens is 323 g/mol. The molecule has 0 fully saturated rings. The summed E-state index contributed by atoms with van der Waals surface area (Å²) in [5, 5.41) is 8.26. The smallest absolute Gasteiger partial charge is 0.550 e. The largest absolute Gasteiger partial charge is 1.00 e. The molecule has 0 aromatic heterocycles. The number of hydrogen-bond acceptors (Lipinski definition) is 6. The number of unbranched alkanes of at least 4 members (excludes halogenated alkanes) is 1. The molecule has 0 spiro atoms. The predicted molar refractivity (Wildman–Crippen MR) is 73.8 cm³/mol. The Morgan fingerprint density at radius 2 is 1.73 bits per heavy atom. The van der Waals surface area contributed by atoms with Gasteiger partial charge in [0, 0.05) is 12.4 Å². The minimum Gasteiger partial charge on any atom is -0.550 e. The molecule has 0 aliphatic carbocycles. The summed E-state index contributed by atoms with van der Waals surface area (Å²) >= 11 is 0. The van der Waals surface area contributed by atoms with E-state index in [9.17, 15) is 23.1 Å². The van der Waals surface area contributed by atoms with Crippen LogP contribution in [-0.2, 0) is 24.4 Å². The van der Waals surface area contributed by atoms with E-state index in [0.717, 1.165) is 25.7 Å². The van der Waals surface area contributed by atoms with Crippen molar-refractivity contribution in [1.29, 1.82) is 0 Å². The first-order valence-corrected chi connectivity index (χ1v) is 8.55. The van der Waals surface area contributed by atoms with Gasteiger partial charge in [-0.2, -0.15) is 8.42 Å². The molecule has 22 heavy (non-hydrogen) atoms. The number of carbonyl (C=O) groups is 2. The van der Waals surface area contributed by atoms with Crippen LogP contribution in [0, 0.1) is 5.92 Å². The van der Waals surface area contributed by atoms with Gasteiger partial charge >= 0.3 is 35.5 Å². The van der Waals surface area contributed by atoms with E-state index < -0.39 is 33.7 Å². The van der Waals surface area contributed by atoms with Gasteiger partial charge < -0.3 is 14.6 Å². The topological polar surface area (TPSA) is 121 Å². The number of hydrogen-bond donors (Lipinski definition) is 1. The first-order valence-electron chi connectivity index (χ1n) is 7.05. The third kappa shape index (κ3) is 10.6. The van der Waals surface area contributed by atoms with Crippen molar-refractivity contribution in [2.24, 2.45) is 5.92 Å². The molecule has 0 saturated heterocycles. The SMILES string of the molecule is CCC(CC)CCCCOC(=O)C(CC(=O)[O-])S(=O)(=O)O.[Na+]. The van der Waals surface area contributed by atoms with Crippen molar-refractivity contribution in [3.05, 3.63) is 0 Å². The van der Waals surface area contributed by atoms with Gasteiger partial charge in [-0.15, -0.1) is 0 Å². The predicted octanol–water partition coefficient (Wildman–Crippen LogP) is -2.46. The molecule has 0 amide bonds. The summed E-state index contributed by atoms with van der Waals surface area (Å²) in [5.41, 5.74) is 0. The van der Waals surface area contributed by atoms with Crippen LogP contribution >= 0.6 is 0 Å². The van der Waals surface area contributed by atoms with Crippen LogP contribution in [0.2, 0.25) is 0 Å². The standard InChI is InChI=1S/C13H24O7S.Na/c1-3-10(4-2)7-5-6-8-20-13(16)11(9-12(14)15)21(17,18)19;/h10-11H,3-9H2,1-2H3,(H,14,15)(H,17,18,19);/q;+1/p-1. The molecule has 0 rings (SSSR count). The van der Waals surface area contributed by atoms with Gasteiger partial charge in [0.25, 0.3) is 10.1 Å². The van der Waals surface area contributed by atoms with Crippen LogP contribution in [-0.4, -0.2) is 36.8 Å². The number of rotatable bonds is 11. The maximum Gasteiger partial charge on any atom is 1.00 e. The third-order valence-electron chi connectivity index (χ3n) is 3.38. The average Bonchev–Trinajstić information content (AvgIpc) is 2.38. The first-order chi connectivity index (χ1) is 9.72. The van der Waals surface area contributed by atoms with Crippen LogP contribution in [0.3, 0.4) is 0 Å². The number of carboxylic acids is 1. The van der Waals surface area contributed by atoms with Crippen molar-refractivity contribution in [1.82, 2.24) is 0 Å². The Labute approximate surface area is 153 Å². The Morgan fingerprint density at radius 1 is 1.18 bits per heavy atom. The van der Waals surface area contributed by atoms with E-state index in [4.69, 9.17) is 9.29 Å². The summed E-state index contributed by atoms with van der Waals surface area (Å²) in [5.74, 6) is -2.39. The molecule has 0 bridgehead atoms. The van der Waals surface area contributed by atoms with Crippen molar-refractivity contribution >= 4 is 22.1 Å². The van der Waals surface area contributed by atoms with Gasteiger partial charge in [-0.1, -0.05) is 33.1 Å². The fourth-order valence-electron chi connectivity index (χ4n) is 1.96. The Hall–Kier alpha value is -0.150. The van der Waals surface area contributed by atoms with Crippen molar-refractivity contribution < 1.29 is 62.0 Å². The van der Waals surface area contributed by atoms with E-state index in [0.29, 0.717) is 12.3 Å². The zero-order valence-corrected chi connectivity index (χ0v) is 16.2. The van der Waals surface area contributed by atoms with Crippen LogP contribution < -0.4 is 34.7 Å². The van der Waals surface area contributed by atoms with Crippen LogP contribution in [0.5, 0.6) is 0 Å². The number of esters is 1. The Bertz CT molecular complexity index is 432. The quantitative estimate of drug-likeness (QED) is 0.191. The molecule has 0 aromatic carbocycles. The monoisotopic (exact) mass is 346 g/mol. The Kier molecular flexibility index (Phi) is 13.5. The minimum absolute atomic E-state index is 0. The van der Waals surface area contributed by atoms with E-state index in [-0.39, 0.29) is 36.2 Å². The summed E-state index contributed by atoms with van der Waals surface area (Å²) in [6, 6.07) is 0. The van der Waals surface area contributed by atoms with Crippen molar-refractivity contribution in [2.45, 2.75) is 57.6 Å². The normalized spacial score (nSPS) is 12.5. The number of carbonyl (C=O) groups excluding carboxylic acids is 2. The molecule has 0 heterocycles. The van der Waals surface area contributed by atoms with Crippen LogP contribution in [0.15, 0.2) is 0 Å². The van der Waals surface area contributed by atoms with E-state index in [1.807, 2.05) is 0 Å². The number of carboxylic acid groups (broad SMARTS) is 1. The fourth-order valence-corrected chi connectivity index (χ4v) is 2.62. The molecule has 1 unspecified atom stereocenters. The Morgan fingerprint density at radius 3 is 2.14 bits per heavy atom. The zero-order valence-electron chi connectivity index (χ0n) is 13.4. The second-order valence-corrected chi connectivity index (χ2v) is 6.52. The summed E-state index contributed by atoms with van der Waals surface area (Å²) in [6.45, 7) is 4.20. The average molecular weight is 346 g/mol. The fraction of sp³-hybridized carbons (Fsp3) is 0.846. The van der Waals surface area contributed by atoms with Crippen molar-refractivity contribution in [3.8, 4) is 0 Å². The zero-order chi connectivity index (χ0) is 16.5. The van der Waals surface area contributed by atoms with E-state index in [1.54, 1.807) is 0 Å². The molecule has 0 aliphatic heterocycles. The third-order valence-corrected chi connectivity index (χ3v) is 4.46. The molecule has 1 N–H and O–H groups in total. The van der Waals surface area contributed by atoms with Crippen LogP contribution in [0.1, 0.15) is 52.4 Å². The molecular formula is C13H23NaO7S. The van der Waals surface area contributed by atoms with E-state index in [2.05, 4.69) is 13.8 Å². The van der Waals surface area contributed by atoms with Gasteiger partial charge in [0.15, 0.2) is 5.25 Å². The second kappa shape index (κ2) is 12.3. The molecule has 0 aromatic rings. The van der Waals surface area contributed by atoms with Crippen molar-refractivity contribution in [2.75, 3.05) is 6.61 Å². The summed E-state index contributed by atoms with van der Waals surface area (Å²) < 4.78 is 35.4. The first kappa shape index (κ1) is 24.1. The second-order valence-electron chi connectivity index (χ2n) is 4.93. The van der Waals surface area contributed by atoms with E-state index in [1.165, 1.54) is 0 Å². The van der Waals surface area contributed by atoms with Gasteiger partial charge in [-0.05, 0) is 18.8 Å². The Balaban J connectivity index is 0. The number of ether oxygens (including phenoxy) is 1. The molecule has 124 valence electrons. The van der Waals surface area contributed by atoms with Gasteiger partial charge in [0.1, 0.15) is 0 Å². The minimum atomic E-state index is -4.82. The van der Waals surface area contributed by atoms with E-state index >= 15 is 0 Å². The molecule has 1 atom stereocenters. The van der Waals surface area contributed by atoms with Gasteiger partial charge in [-0.25, -0.2) is 0 Å². The maximum atomic E-state index is 11.5. The maximum absolute atomic E-state index is 11.5. The van der Waals surface area contributed by atoms with Gasteiger partial charge in [0.2, 0.25) is 0 Å². The molecule has 0 aliphatic rings. The summed E-state index contributed by atoms with van der Waals surface area (Å²) in [6.07, 6.45) is 3.42. The summed E-state index contributed by atoms with van der Waals surface area (Å²) in [4.78, 5) is 21.9.